The van der Waals surface area contributed by atoms with E-state index in [0.717, 1.165) is 0 Å². The lowest BCUT2D eigenvalue weighted by molar-refractivity contribution is -0.131. The minimum atomic E-state index is -0.000874. The number of hydrogen-bond acceptors (Lipinski definition) is 3. The third-order valence-corrected chi connectivity index (χ3v) is 1.91. The predicted octanol–water partition coefficient (Wildman–Crippen LogP) is -0.857. The standard InChI is InChI=1S/C9H19N3O2/c1-10-7-9(14)12(4)6-5-8(13)11(2)3/h10H,5-7H2,1-4H3. The van der Waals surface area contributed by atoms with Crippen LogP contribution in [0, 0.1) is 0 Å². The Hall–Kier alpha value is -1.10. The second kappa shape index (κ2) is 6.37. The molecule has 0 aliphatic heterocycles. The Morgan fingerprint density at radius 1 is 1.14 bits per heavy atom. The molecule has 0 bridgehead atoms. The average Bonchev–Trinajstić information content (AvgIpc) is 2.13. The van der Waals surface area contributed by atoms with E-state index in [2.05, 4.69) is 5.32 Å². The Bertz CT molecular complexity index is 204. The van der Waals surface area contributed by atoms with E-state index < -0.39 is 0 Å². The molecule has 82 valence electrons. The van der Waals surface area contributed by atoms with Gasteiger partial charge in [-0.05, 0) is 7.05 Å². The highest BCUT2D eigenvalue weighted by Gasteiger charge is 2.10. The van der Waals surface area contributed by atoms with Gasteiger partial charge in [0.2, 0.25) is 11.8 Å². The van der Waals surface area contributed by atoms with E-state index in [1.807, 2.05) is 0 Å². The fraction of sp³-hybridized carbons (Fsp3) is 0.778. The summed E-state index contributed by atoms with van der Waals surface area (Å²) in [5.74, 6) is 0.0353. The molecule has 5 nitrogen and oxygen atoms in total. The average molecular weight is 201 g/mol. The van der Waals surface area contributed by atoms with E-state index in [9.17, 15) is 9.59 Å². The van der Waals surface area contributed by atoms with Crippen LogP contribution in [0.25, 0.3) is 0 Å². The highest BCUT2D eigenvalue weighted by atomic mass is 16.2. The summed E-state index contributed by atoms with van der Waals surface area (Å²) >= 11 is 0. The van der Waals surface area contributed by atoms with Crippen LogP contribution in [0.15, 0.2) is 0 Å². The zero-order chi connectivity index (χ0) is 11.1. The first kappa shape index (κ1) is 12.9. The molecule has 2 amide bonds. The minimum Gasteiger partial charge on any atom is -0.349 e. The lowest BCUT2D eigenvalue weighted by Crippen LogP contribution is -2.36. The third kappa shape index (κ3) is 4.81. The molecule has 0 heterocycles. The van der Waals surface area contributed by atoms with Gasteiger partial charge in [0.05, 0.1) is 6.54 Å². The second-order valence-electron chi connectivity index (χ2n) is 3.38. The Balaban J connectivity index is 3.78. The molecule has 0 aromatic rings. The molecule has 0 rings (SSSR count). The molecule has 0 unspecified atom stereocenters. The normalized spacial score (nSPS) is 9.71. The predicted molar refractivity (Wildman–Crippen MR) is 54.9 cm³/mol. The van der Waals surface area contributed by atoms with Gasteiger partial charge in [0.25, 0.3) is 0 Å². The first-order valence-corrected chi connectivity index (χ1v) is 4.57. The van der Waals surface area contributed by atoms with E-state index in [4.69, 9.17) is 0 Å². The number of nitrogens with zero attached hydrogens (tertiary/aromatic N) is 2. The van der Waals surface area contributed by atoms with Crippen LogP contribution < -0.4 is 5.32 Å². The molecule has 0 saturated heterocycles. The van der Waals surface area contributed by atoms with E-state index in [-0.39, 0.29) is 11.8 Å². The lowest BCUT2D eigenvalue weighted by atomic mass is 10.3. The Labute approximate surface area is 85.1 Å². The molecule has 0 atom stereocenters. The SMILES string of the molecule is CNCC(=O)N(C)CCC(=O)N(C)C. The van der Waals surface area contributed by atoms with Gasteiger partial charge in [0.1, 0.15) is 0 Å². The van der Waals surface area contributed by atoms with Crippen molar-refractivity contribution in [3.63, 3.8) is 0 Å². The van der Waals surface area contributed by atoms with Gasteiger partial charge in [-0.25, -0.2) is 0 Å². The van der Waals surface area contributed by atoms with E-state index in [0.29, 0.717) is 19.5 Å². The van der Waals surface area contributed by atoms with Gasteiger partial charge >= 0.3 is 0 Å². The van der Waals surface area contributed by atoms with Crippen molar-refractivity contribution < 1.29 is 9.59 Å². The monoisotopic (exact) mass is 201 g/mol. The molecule has 0 fully saturated rings. The van der Waals surface area contributed by atoms with Crippen molar-refractivity contribution >= 4 is 11.8 Å². The maximum absolute atomic E-state index is 11.3. The van der Waals surface area contributed by atoms with Gasteiger partial charge in [0.15, 0.2) is 0 Å². The summed E-state index contributed by atoms with van der Waals surface area (Å²) in [7, 11) is 6.83. The Morgan fingerprint density at radius 3 is 2.14 bits per heavy atom. The van der Waals surface area contributed by atoms with Gasteiger partial charge < -0.3 is 15.1 Å². The Kier molecular flexibility index (Phi) is 5.87. The number of likely N-dealkylation sites (N-methyl/N-ethyl adjacent to an activating group) is 2. The fourth-order valence-corrected chi connectivity index (χ4v) is 0.898. The van der Waals surface area contributed by atoms with Crippen molar-refractivity contribution in [1.29, 1.82) is 0 Å². The van der Waals surface area contributed by atoms with Gasteiger partial charge in [-0.1, -0.05) is 0 Å². The summed E-state index contributed by atoms with van der Waals surface area (Å²) in [5.41, 5.74) is 0. The maximum atomic E-state index is 11.3. The molecular formula is C9H19N3O2. The van der Waals surface area contributed by atoms with Crippen LogP contribution in [-0.4, -0.2) is 62.9 Å². The van der Waals surface area contributed by atoms with Crippen LogP contribution in [0.5, 0.6) is 0 Å². The van der Waals surface area contributed by atoms with Crippen LogP contribution >= 0.6 is 0 Å². The summed E-state index contributed by atoms with van der Waals surface area (Å²) in [6, 6.07) is 0. The second-order valence-corrected chi connectivity index (χ2v) is 3.38. The number of hydrogen-bond donors (Lipinski definition) is 1. The van der Waals surface area contributed by atoms with Crippen LogP contribution in [0.4, 0.5) is 0 Å². The van der Waals surface area contributed by atoms with Crippen molar-refractivity contribution in [3.05, 3.63) is 0 Å². The van der Waals surface area contributed by atoms with Crippen LogP contribution in [0.1, 0.15) is 6.42 Å². The first-order chi connectivity index (χ1) is 6.49. The molecule has 0 aliphatic rings. The zero-order valence-corrected chi connectivity index (χ0v) is 9.33. The summed E-state index contributed by atoms with van der Waals surface area (Å²) in [4.78, 5) is 25.5. The topological polar surface area (TPSA) is 52.7 Å². The maximum Gasteiger partial charge on any atom is 0.236 e. The lowest BCUT2D eigenvalue weighted by Gasteiger charge is -2.18. The smallest absolute Gasteiger partial charge is 0.236 e. The van der Waals surface area contributed by atoms with Crippen LogP contribution in [-0.2, 0) is 9.59 Å². The van der Waals surface area contributed by atoms with Gasteiger partial charge in [-0.2, -0.15) is 0 Å². The van der Waals surface area contributed by atoms with E-state index in [1.165, 1.54) is 4.90 Å². The van der Waals surface area contributed by atoms with E-state index in [1.54, 1.807) is 33.1 Å². The van der Waals surface area contributed by atoms with Crippen LogP contribution in [0.3, 0.4) is 0 Å². The minimum absolute atomic E-state index is 0.000874. The fourth-order valence-electron chi connectivity index (χ4n) is 0.898. The van der Waals surface area contributed by atoms with Crippen molar-refractivity contribution in [2.24, 2.45) is 0 Å². The molecule has 1 N–H and O–H groups in total. The number of rotatable bonds is 5. The van der Waals surface area contributed by atoms with Crippen molar-refractivity contribution in [1.82, 2.24) is 15.1 Å². The van der Waals surface area contributed by atoms with Crippen LogP contribution in [0.2, 0.25) is 0 Å². The number of carbonyl (C=O) groups excluding carboxylic acids is 2. The first-order valence-electron chi connectivity index (χ1n) is 4.57. The molecule has 0 radical (unpaired) electrons. The molecule has 0 saturated carbocycles. The quantitative estimate of drug-likeness (QED) is 0.630. The zero-order valence-electron chi connectivity index (χ0n) is 9.33. The third-order valence-electron chi connectivity index (χ3n) is 1.91. The summed E-state index contributed by atoms with van der Waals surface area (Å²) in [6.07, 6.45) is 0.374. The number of nitrogens with one attached hydrogen (secondary N) is 1. The largest absolute Gasteiger partial charge is 0.349 e. The molecule has 0 spiro atoms. The molecule has 5 heteroatoms. The number of amides is 2. The van der Waals surface area contributed by atoms with Crippen molar-refractivity contribution in [2.75, 3.05) is 41.3 Å². The highest BCUT2D eigenvalue weighted by Crippen LogP contribution is 1.91. The Morgan fingerprint density at radius 2 is 1.71 bits per heavy atom. The van der Waals surface area contributed by atoms with Crippen molar-refractivity contribution in [2.45, 2.75) is 6.42 Å². The number of carbonyl (C=O) groups is 2. The summed E-state index contributed by atoms with van der Waals surface area (Å²) in [5, 5.41) is 2.77. The molecule has 0 aromatic heterocycles. The van der Waals surface area contributed by atoms with E-state index >= 15 is 0 Å². The molecule has 14 heavy (non-hydrogen) atoms. The molecule has 0 aromatic carbocycles. The molecule has 0 aliphatic carbocycles. The van der Waals surface area contributed by atoms with Gasteiger partial charge in [-0.15, -0.1) is 0 Å². The highest BCUT2D eigenvalue weighted by molar-refractivity contribution is 5.79. The van der Waals surface area contributed by atoms with Crippen molar-refractivity contribution in [3.8, 4) is 0 Å². The van der Waals surface area contributed by atoms with Gasteiger partial charge in [0, 0.05) is 34.1 Å². The molecular weight excluding hydrogens is 182 g/mol. The van der Waals surface area contributed by atoms with Gasteiger partial charge in [-0.3, -0.25) is 9.59 Å². The summed E-state index contributed by atoms with van der Waals surface area (Å²) in [6.45, 7) is 0.782. The summed E-state index contributed by atoms with van der Waals surface area (Å²) < 4.78 is 0.